The number of nitrogens with zero attached hydrogens (tertiary/aromatic N) is 1. The fraction of sp³-hybridized carbons (Fsp3) is 0.111. The Morgan fingerprint density at radius 3 is 2.55 bits per heavy atom. The molecule has 3 aromatic rings. The third-order valence-corrected chi connectivity index (χ3v) is 3.42. The van der Waals surface area contributed by atoms with Crippen molar-refractivity contribution in [3.63, 3.8) is 0 Å². The second-order valence-electron chi connectivity index (χ2n) is 5.05. The van der Waals surface area contributed by atoms with Crippen molar-refractivity contribution in [1.82, 2.24) is 10.3 Å². The Morgan fingerprint density at radius 1 is 1.14 bits per heavy atom. The molecule has 0 saturated carbocycles. The van der Waals surface area contributed by atoms with Gasteiger partial charge in [0, 0.05) is 12.4 Å². The third-order valence-electron chi connectivity index (χ3n) is 3.42. The molecule has 1 aromatic carbocycles. The predicted octanol–water partition coefficient (Wildman–Crippen LogP) is 3.50. The van der Waals surface area contributed by atoms with Gasteiger partial charge in [-0.25, -0.2) is 0 Å². The summed E-state index contributed by atoms with van der Waals surface area (Å²) in [6.45, 7) is 1.81. The fourth-order valence-corrected chi connectivity index (χ4v) is 2.33. The van der Waals surface area contributed by atoms with Crippen molar-refractivity contribution in [3.05, 3.63) is 89.6 Å². The number of furan rings is 1. The molecule has 3 rings (SSSR count). The molecule has 22 heavy (non-hydrogen) atoms. The van der Waals surface area contributed by atoms with Gasteiger partial charge < -0.3 is 9.73 Å². The van der Waals surface area contributed by atoms with Gasteiger partial charge in [-0.2, -0.15) is 0 Å². The van der Waals surface area contributed by atoms with Crippen LogP contribution in [0.1, 0.15) is 33.3 Å². The van der Waals surface area contributed by atoms with Crippen LogP contribution < -0.4 is 5.32 Å². The zero-order valence-corrected chi connectivity index (χ0v) is 12.2. The lowest BCUT2D eigenvalue weighted by Gasteiger charge is -2.19. The third kappa shape index (κ3) is 3.06. The van der Waals surface area contributed by atoms with E-state index in [-0.39, 0.29) is 11.9 Å². The Kier molecular flexibility index (Phi) is 4.01. The Bertz CT molecular complexity index is 712. The number of benzene rings is 1. The van der Waals surface area contributed by atoms with Crippen LogP contribution in [-0.2, 0) is 0 Å². The van der Waals surface area contributed by atoms with Crippen LogP contribution in [0.5, 0.6) is 0 Å². The SMILES string of the molecule is Cc1cc(C(=O)N[C@H](c2ccccc2)c2cccnc2)co1. The minimum atomic E-state index is -0.252. The monoisotopic (exact) mass is 292 g/mol. The molecule has 0 bridgehead atoms. The lowest BCUT2D eigenvalue weighted by Crippen LogP contribution is -2.29. The van der Waals surface area contributed by atoms with Crippen molar-refractivity contribution in [2.24, 2.45) is 0 Å². The molecular weight excluding hydrogens is 276 g/mol. The molecule has 2 aromatic heterocycles. The molecule has 0 radical (unpaired) electrons. The van der Waals surface area contributed by atoms with E-state index in [4.69, 9.17) is 4.42 Å². The van der Waals surface area contributed by atoms with Gasteiger partial charge in [0.25, 0.3) is 5.91 Å². The largest absolute Gasteiger partial charge is 0.469 e. The summed E-state index contributed by atoms with van der Waals surface area (Å²) in [5, 5.41) is 3.04. The summed E-state index contributed by atoms with van der Waals surface area (Å²) < 4.78 is 5.21. The summed E-state index contributed by atoms with van der Waals surface area (Å²) in [7, 11) is 0. The molecule has 1 atom stereocenters. The number of nitrogens with one attached hydrogen (secondary N) is 1. The molecule has 2 heterocycles. The molecule has 0 aliphatic carbocycles. The number of rotatable bonds is 4. The maximum absolute atomic E-state index is 12.4. The Morgan fingerprint density at radius 2 is 1.91 bits per heavy atom. The lowest BCUT2D eigenvalue weighted by atomic mass is 10.00. The summed E-state index contributed by atoms with van der Waals surface area (Å²) in [6.07, 6.45) is 4.95. The summed E-state index contributed by atoms with van der Waals surface area (Å²) >= 11 is 0. The number of pyridine rings is 1. The fourth-order valence-electron chi connectivity index (χ4n) is 2.33. The topological polar surface area (TPSA) is 55.1 Å². The van der Waals surface area contributed by atoms with E-state index in [1.54, 1.807) is 18.5 Å². The van der Waals surface area contributed by atoms with E-state index in [0.29, 0.717) is 11.3 Å². The van der Waals surface area contributed by atoms with Crippen molar-refractivity contribution >= 4 is 5.91 Å². The van der Waals surface area contributed by atoms with Crippen LogP contribution in [0.3, 0.4) is 0 Å². The van der Waals surface area contributed by atoms with E-state index >= 15 is 0 Å². The molecular formula is C18H16N2O2. The van der Waals surface area contributed by atoms with Crippen molar-refractivity contribution in [2.75, 3.05) is 0 Å². The molecule has 0 spiro atoms. The normalized spacial score (nSPS) is 11.9. The lowest BCUT2D eigenvalue weighted by molar-refractivity contribution is 0.0942. The zero-order valence-electron chi connectivity index (χ0n) is 12.2. The van der Waals surface area contributed by atoms with Gasteiger partial charge in [0.1, 0.15) is 12.0 Å². The second kappa shape index (κ2) is 6.26. The molecule has 0 saturated heterocycles. The number of aryl methyl sites for hydroxylation is 1. The summed E-state index contributed by atoms with van der Waals surface area (Å²) in [4.78, 5) is 16.6. The molecule has 0 aliphatic rings. The van der Waals surface area contributed by atoms with Crippen LogP contribution in [0.15, 0.2) is 71.6 Å². The summed E-state index contributed by atoms with van der Waals surface area (Å²) in [5.74, 6) is 0.539. The van der Waals surface area contributed by atoms with E-state index in [0.717, 1.165) is 11.1 Å². The van der Waals surface area contributed by atoms with Crippen molar-refractivity contribution < 1.29 is 9.21 Å². The maximum Gasteiger partial charge on any atom is 0.255 e. The predicted molar refractivity (Wildman–Crippen MR) is 83.4 cm³/mol. The van der Waals surface area contributed by atoms with Gasteiger partial charge in [-0.05, 0) is 30.2 Å². The minimum Gasteiger partial charge on any atom is -0.469 e. The van der Waals surface area contributed by atoms with E-state index in [2.05, 4.69) is 10.3 Å². The van der Waals surface area contributed by atoms with Crippen molar-refractivity contribution in [3.8, 4) is 0 Å². The van der Waals surface area contributed by atoms with E-state index in [1.807, 2.05) is 49.4 Å². The second-order valence-corrected chi connectivity index (χ2v) is 5.05. The van der Waals surface area contributed by atoms with Gasteiger partial charge in [0.2, 0.25) is 0 Å². The molecule has 4 heteroatoms. The van der Waals surface area contributed by atoms with Crippen LogP contribution in [0.4, 0.5) is 0 Å². The van der Waals surface area contributed by atoms with Crippen LogP contribution in [0, 0.1) is 6.92 Å². The molecule has 110 valence electrons. The van der Waals surface area contributed by atoms with Crippen LogP contribution in [0.25, 0.3) is 0 Å². The molecule has 0 fully saturated rings. The van der Waals surface area contributed by atoms with Gasteiger partial charge in [-0.3, -0.25) is 9.78 Å². The van der Waals surface area contributed by atoms with Gasteiger partial charge in [0.05, 0.1) is 11.6 Å². The van der Waals surface area contributed by atoms with Gasteiger partial charge >= 0.3 is 0 Å². The van der Waals surface area contributed by atoms with E-state index in [9.17, 15) is 4.79 Å². The number of amides is 1. The first-order valence-electron chi connectivity index (χ1n) is 7.05. The van der Waals surface area contributed by atoms with E-state index in [1.165, 1.54) is 6.26 Å². The quantitative estimate of drug-likeness (QED) is 0.800. The summed E-state index contributed by atoms with van der Waals surface area (Å²) in [6, 6.07) is 15.1. The number of aromatic nitrogens is 1. The average Bonchev–Trinajstić information content (AvgIpc) is 3.01. The molecule has 1 amide bonds. The van der Waals surface area contributed by atoms with Gasteiger partial charge in [0.15, 0.2) is 0 Å². The smallest absolute Gasteiger partial charge is 0.255 e. The van der Waals surface area contributed by atoms with Crippen molar-refractivity contribution in [2.45, 2.75) is 13.0 Å². The Hall–Kier alpha value is -2.88. The number of hydrogen-bond donors (Lipinski definition) is 1. The van der Waals surface area contributed by atoms with Gasteiger partial charge in [-0.1, -0.05) is 36.4 Å². The minimum absolute atomic E-state index is 0.172. The highest BCUT2D eigenvalue weighted by Gasteiger charge is 2.18. The Labute approximate surface area is 128 Å². The van der Waals surface area contributed by atoms with Crippen LogP contribution >= 0.6 is 0 Å². The molecule has 1 N–H and O–H groups in total. The van der Waals surface area contributed by atoms with Crippen molar-refractivity contribution in [1.29, 1.82) is 0 Å². The average molecular weight is 292 g/mol. The molecule has 4 nitrogen and oxygen atoms in total. The standard InChI is InChI=1S/C18H16N2O2/c1-13-10-16(12-22-13)18(21)20-17(14-6-3-2-4-7-14)15-8-5-9-19-11-15/h2-12,17H,1H3,(H,20,21)/t17-/m1/s1. The molecule has 0 unspecified atom stereocenters. The first-order valence-corrected chi connectivity index (χ1v) is 7.05. The van der Waals surface area contributed by atoms with Crippen LogP contribution in [-0.4, -0.2) is 10.9 Å². The number of hydrogen-bond acceptors (Lipinski definition) is 3. The first-order chi connectivity index (χ1) is 10.7. The van der Waals surface area contributed by atoms with Crippen LogP contribution in [0.2, 0.25) is 0 Å². The zero-order chi connectivity index (χ0) is 15.4. The Balaban J connectivity index is 1.91. The molecule has 0 aliphatic heterocycles. The summed E-state index contributed by atoms with van der Waals surface area (Å²) in [5.41, 5.74) is 2.45. The van der Waals surface area contributed by atoms with E-state index < -0.39 is 0 Å². The maximum atomic E-state index is 12.4. The highest BCUT2D eigenvalue weighted by atomic mass is 16.3. The van der Waals surface area contributed by atoms with Gasteiger partial charge in [-0.15, -0.1) is 0 Å². The first kappa shape index (κ1) is 14.1. The highest BCUT2D eigenvalue weighted by molar-refractivity contribution is 5.94. The highest BCUT2D eigenvalue weighted by Crippen LogP contribution is 2.22. The number of carbonyl (C=O) groups is 1. The number of carbonyl (C=O) groups excluding carboxylic acids is 1.